The van der Waals surface area contributed by atoms with E-state index in [1.54, 1.807) is 32.0 Å². The number of nitrogens with one attached hydrogen (secondary N) is 1. The lowest BCUT2D eigenvalue weighted by molar-refractivity contribution is -0.141. The zero-order valence-electron chi connectivity index (χ0n) is 27.5. The topological polar surface area (TPSA) is 197 Å². The highest BCUT2D eigenvalue weighted by Crippen LogP contribution is 2.46. The van der Waals surface area contributed by atoms with Crippen molar-refractivity contribution in [3.8, 4) is 28.5 Å². The maximum absolute atomic E-state index is 14.1. The Hall–Kier alpha value is -5.28. The van der Waals surface area contributed by atoms with E-state index in [0.717, 1.165) is 0 Å². The van der Waals surface area contributed by atoms with Crippen molar-refractivity contribution in [3.63, 3.8) is 0 Å². The fourth-order valence-corrected chi connectivity index (χ4v) is 6.34. The standard InChI is InChI=1S/C36H37N3O11/c1-19(2)37-36(47)50-23-6-4-20(5-7-23)32(43)35(46)38(10-11-40)8-3-9-39-31-25-14-28-29(49-18-48-28)15-26(25)33(44)30(31)24-12-21(16-41)22(17-42)13-27(24)34(39)45/h4-7,12-15,19,32,40-43H,3,8-11,16-18H2,1-2H3,(H,37,47). The molecular weight excluding hydrogens is 650 g/mol. The highest BCUT2D eigenvalue weighted by atomic mass is 16.7. The lowest BCUT2D eigenvalue weighted by Gasteiger charge is -2.25. The van der Waals surface area contributed by atoms with Gasteiger partial charge in [-0.25, -0.2) is 4.79 Å². The van der Waals surface area contributed by atoms with Crippen LogP contribution in [0.2, 0.25) is 0 Å². The van der Waals surface area contributed by atoms with Gasteiger partial charge in [-0.05, 0) is 73.4 Å². The van der Waals surface area contributed by atoms with Crippen LogP contribution in [-0.4, -0.2) is 80.2 Å². The highest BCUT2D eigenvalue weighted by Gasteiger charge is 2.36. The number of rotatable bonds is 12. The first kappa shape index (κ1) is 34.6. The van der Waals surface area contributed by atoms with Crippen molar-refractivity contribution < 1.29 is 49.0 Å². The van der Waals surface area contributed by atoms with E-state index in [2.05, 4.69) is 5.32 Å². The molecule has 6 rings (SSSR count). The number of ether oxygens (including phenoxy) is 3. The highest BCUT2D eigenvalue weighted by molar-refractivity contribution is 6.27. The van der Waals surface area contributed by atoms with Gasteiger partial charge in [0.2, 0.25) is 6.79 Å². The van der Waals surface area contributed by atoms with Gasteiger partial charge in [-0.3, -0.25) is 14.4 Å². The molecule has 14 heteroatoms. The molecule has 0 spiro atoms. The van der Waals surface area contributed by atoms with E-state index < -0.39 is 36.9 Å². The molecule has 14 nitrogen and oxygen atoms in total. The average Bonchev–Trinajstić information content (AvgIpc) is 3.68. The molecule has 1 aliphatic heterocycles. The number of fused-ring (bicyclic) bond motifs is 6. The first-order valence-electron chi connectivity index (χ1n) is 16.1. The van der Waals surface area contributed by atoms with Crippen LogP contribution in [0.3, 0.4) is 0 Å². The van der Waals surface area contributed by atoms with E-state index in [4.69, 9.17) is 14.2 Å². The molecule has 0 fully saturated rings. The Bertz CT molecular complexity index is 2040. The van der Waals surface area contributed by atoms with Crippen LogP contribution in [0.25, 0.3) is 22.0 Å². The number of benzene rings is 3. The Morgan fingerprint density at radius 2 is 1.56 bits per heavy atom. The van der Waals surface area contributed by atoms with Crippen LogP contribution in [-0.2, 0) is 24.6 Å². The van der Waals surface area contributed by atoms with Crippen LogP contribution in [0.4, 0.5) is 4.79 Å². The molecule has 0 saturated carbocycles. The van der Waals surface area contributed by atoms with E-state index in [9.17, 15) is 39.6 Å². The molecule has 0 bridgehead atoms. The van der Waals surface area contributed by atoms with Crippen molar-refractivity contribution in [1.29, 1.82) is 0 Å². The number of hydrogen-bond donors (Lipinski definition) is 5. The molecule has 50 heavy (non-hydrogen) atoms. The van der Waals surface area contributed by atoms with Crippen molar-refractivity contribution in [3.05, 3.63) is 86.7 Å². The van der Waals surface area contributed by atoms with Crippen molar-refractivity contribution >= 4 is 28.6 Å². The summed E-state index contributed by atoms with van der Waals surface area (Å²) in [6.07, 6.45) is -2.03. The first-order valence-corrected chi connectivity index (χ1v) is 16.1. The molecule has 1 unspecified atom stereocenters. The molecule has 3 aromatic carbocycles. The summed E-state index contributed by atoms with van der Waals surface area (Å²) in [4.78, 5) is 54.7. The molecule has 1 aromatic heterocycles. The molecule has 4 aromatic rings. The van der Waals surface area contributed by atoms with E-state index in [1.807, 2.05) is 0 Å². The third kappa shape index (κ3) is 6.41. The van der Waals surface area contributed by atoms with Crippen molar-refractivity contribution in [2.24, 2.45) is 0 Å². The molecule has 0 saturated heterocycles. The molecule has 1 aliphatic carbocycles. The Kier molecular flexibility index (Phi) is 9.88. The maximum atomic E-state index is 14.1. The zero-order chi connectivity index (χ0) is 35.7. The fraction of sp³-hybridized carbons (Fsp3) is 0.333. The lowest BCUT2D eigenvalue weighted by atomic mass is 9.97. The number of aliphatic hydroxyl groups is 4. The van der Waals surface area contributed by atoms with Crippen LogP contribution in [0, 0.1) is 0 Å². The number of hydrogen-bond acceptors (Lipinski definition) is 11. The number of amides is 2. The van der Waals surface area contributed by atoms with Crippen LogP contribution in [0.5, 0.6) is 17.2 Å². The summed E-state index contributed by atoms with van der Waals surface area (Å²) in [5.74, 6) is 0.0121. The number of ketones is 1. The molecule has 0 radical (unpaired) electrons. The minimum absolute atomic E-state index is 0.0124. The van der Waals surface area contributed by atoms with Gasteiger partial charge in [0, 0.05) is 47.6 Å². The van der Waals surface area contributed by atoms with Gasteiger partial charge >= 0.3 is 6.09 Å². The predicted octanol–water partition coefficient (Wildman–Crippen LogP) is 2.37. The number of aliphatic hydroxyl groups excluding tert-OH is 4. The van der Waals surface area contributed by atoms with Gasteiger partial charge in [-0.2, -0.15) is 0 Å². The molecule has 5 N–H and O–H groups in total. The van der Waals surface area contributed by atoms with E-state index in [1.165, 1.54) is 39.8 Å². The van der Waals surface area contributed by atoms with Gasteiger partial charge in [0.15, 0.2) is 23.4 Å². The fourth-order valence-electron chi connectivity index (χ4n) is 6.34. The summed E-state index contributed by atoms with van der Waals surface area (Å²) < 4.78 is 17.7. The average molecular weight is 688 g/mol. The summed E-state index contributed by atoms with van der Waals surface area (Å²) in [6, 6.07) is 12.0. The summed E-state index contributed by atoms with van der Waals surface area (Å²) in [5.41, 5.74) is 1.93. The van der Waals surface area contributed by atoms with Gasteiger partial charge in [0.05, 0.1) is 31.1 Å². The van der Waals surface area contributed by atoms with Crippen molar-refractivity contribution in [1.82, 2.24) is 14.8 Å². The monoisotopic (exact) mass is 687 g/mol. The number of nitrogens with zero attached hydrogens (tertiary/aromatic N) is 2. The SMILES string of the molecule is CC(C)NC(=O)Oc1ccc(C(O)C(=O)N(CCO)CCCn2c3c(c4cc(CO)c(CO)cc4c2=O)C(=O)c2cc4c(cc2-3)OCO4)cc1. The number of carbonyl (C=O) groups is 3. The lowest BCUT2D eigenvalue weighted by Crippen LogP contribution is -2.38. The summed E-state index contributed by atoms with van der Waals surface area (Å²) in [6.45, 7) is 2.34. The zero-order valence-corrected chi connectivity index (χ0v) is 27.5. The third-order valence-electron chi connectivity index (χ3n) is 8.71. The second-order valence-electron chi connectivity index (χ2n) is 12.3. The smallest absolute Gasteiger partial charge is 0.412 e. The minimum Gasteiger partial charge on any atom is -0.454 e. The molecule has 2 amide bonds. The third-order valence-corrected chi connectivity index (χ3v) is 8.71. The predicted molar refractivity (Wildman–Crippen MR) is 179 cm³/mol. The number of aromatic nitrogens is 1. The van der Waals surface area contributed by atoms with Crippen LogP contribution in [0.1, 0.15) is 59.0 Å². The maximum Gasteiger partial charge on any atom is 0.412 e. The van der Waals surface area contributed by atoms with E-state index in [-0.39, 0.29) is 73.5 Å². The van der Waals surface area contributed by atoms with Gasteiger partial charge in [0.1, 0.15) is 5.75 Å². The summed E-state index contributed by atoms with van der Waals surface area (Å²) in [5, 5.41) is 43.7. The van der Waals surface area contributed by atoms with Crippen LogP contribution >= 0.6 is 0 Å². The molecule has 1 atom stereocenters. The Balaban J connectivity index is 1.29. The molecular formula is C36H37N3O11. The Morgan fingerprint density at radius 3 is 2.18 bits per heavy atom. The number of pyridine rings is 1. The molecule has 2 heterocycles. The minimum atomic E-state index is -1.58. The van der Waals surface area contributed by atoms with Gasteiger partial charge < -0.3 is 49.4 Å². The van der Waals surface area contributed by atoms with E-state index in [0.29, 0.717) is 44.8 Å². The first-order chi connectivity index (χ1) is 24.1. The number of carbonyl (C=O) groups excluding carboxylic acids is 3. The van der Waals surface area contributed by atoms with Gasteiger partial charge in [-0.15, -0.1) is 0 Å². The van der Waals surface area contributed by atoms with Crippen molar-refractivity contribution in [2.45, 2.75) is 52.2 Å². The van der Waals surface area contributed by atoms with Gasteiger partial charge in [0.25, 0.3) is 11.5 Å². The second kappa shape index (κ2) is 14.3. The molecule has 2 aliphatic rings. The normalized spacial score (nSPS) is 13.4. The largest absolute Gasteiger partial charge is 0.454 e. The summed E-state index contributed by atoms with van der Waals surface area (Å²) >= 11 is 0. The summed E-state index contributed by atoms with van der Waals surface area (Å²) in [7, 11) is 0. The van der Waals surface area contributed by atoms with Crippen molar-refractivity contribution in [2.75, 3.05) is 26.5 Å². The Morgan fingerprint density at radius 1 is 0.920 bits per heavy atom. The van der Waals surface area contributed by atoms with Crippen LogP contribution < -0.4 is 25.1 Å². The quantitative estimate of drug-likeness (QED) is 0.129. The molecule has 262 valence electrons. The van der Waals surface area contributed by atoms with Crippen LogP contribution in [0.15, 0.2) is 53.3 Å². The van der Waals surface area contributed by atoms with Gasteiger partial charge in [-0.1, -0.05) is 12.1 Å². The Labute approximate surface area is 286 Å². The second-order valence-corrected chi connectivity index (χ2v) is 12.3. The van der Waals surface area contributed by atoms with E-state index >= 15 is 0 Å².